The summed E-state index contributed by atoms with van der Waals surface area (Å²) in [6.07, 6.45) is 7.97. The molecule has 1 aromatic heterocycles. The Bertz CT molecular complexity index is 749. The fourth-order valence-corrected chi connectivity index (χ4v) is 3.36. The summed E-state index contributed by atoms with van der Waals surface area (Å²) in [6, 6.07) is 4.04. The zero-order valence-electron chi connectivity index (χ0n) is 16.7. The Morgan fingerprint density at radius 3 is 2.78 bits per heavy atom. The molecule has 0 spiro atoms. The van der Waals surface area contributed by atoms with Gasteiger partial charge in [-0.05, 0) is 51.0 Å². The fraction of sp³-hybridized carbons (Fsp3) is 0.619. The van der Waals surface area contributed by atoms with Crippen LogP contribution in [0.3, 0.4) is 0 Å². The maximum absolute atomic E-state index is 12.1. The van der Waals surface area contributed by atoms with Gasteiger partial charge in [0.25, 0.3) is 0 Å². The average molecular weight is 373 g/mol. The van der Waals surface area contributed by atoms with Crippen LogP contribution >= 0.6 is 0 Å². The topological polar surface area (TPSA) is 54.9 Å². The summed E-state index contributed by atoms with van der Waals surface area (Å²) >= 11 is 0. The molecular weight excluding hydrogens is 342 g/mol. The first-order valence-corrected chi connectivity index (χ1v) is 9.86. The molecule has 1 aliphatic carbocycles. The smallest absolute Gasteiger partial charge is 0.410 e. The summed E-state index contributed by atoms with van der Waals surface area (Å²) in [5, 5.41) is 2.22. The molecule has 0 radical (unpaired) electrons. The molecule has 2 heterocycles. The summed E-state index contributed by atoms with van der Waals surface area (Å²) < 4.78 is 11.5. The summed E-state index contributed by atoms with van der Waals surface area (Å²) in [4.78, 5) is 20.7. The fourth-order valence-electron chi connectivity index (χ4n) is 3.36. The molecule has 0 saturated carbocycles. The molecule has 0 bridgehead atoms. The Kier molecular flexibility index (Phi) is 6.50. The van der Waals surface area contributed by atoms with Gasteiger partial charge >= 0.3 is 6.09 Å². The Morgan fingerprint density at radius 2 is 2.04 bits per heavy atom. The minimum atomic E-state index is -0.435. The van der Waals surface area contributed by atoms with Crippen molar-refractivity contribution < 1.29 is 14.3 Å². The van der Waals surface area contributed by atoms with E-state index >= 15 is 0 Å². The number of fused-ring (bicyclic) bond motifs is 1. The highest BCUT2D eigenvalue weighted by molar-refractivity contribution is 5.68. The zero-order chi connectivity index (χ0) is 19.3. The normalized spacial score (nSPS) is 20.4. The second-order valence-corrected chi connectivity index (χ2v) is 8.16. The van der Waals surface area contributed by atoms with Crippen molar-refractivity contribution in [1.29, 1.82) is 0 Å². The number of piperazine rings is 1. The van der Waals surface area contributed by atoms with Crippen molar-refractivity contribution >= 4 is 18.2 Å². The van der Waals surface area contributed by atoms with Crippen molar-refractivity contribution in [2.75, 3.05) is 39.3 Å². The third-order valence-electron chi connectivity index (χ3n) is 4.75. The highest BCUT2D eigenvalue weighted by Gasteiger charge is 2.25. The molecule has 1 unspecified atom stereocenters. The van der Waals surface area contributed by atoms with Crippen LogP contribution in [-0.2, 0) is 9.47 Å². The van der Waals surface area contributed by atoms with Crippen LogP contribution in [0.15, 0.2) is 18.3 Å². The first-order chi connectivity index (χ1) is 12.9. The van der Waals surface area contributed by atoms with E-state index in [2.05, 4.69) is 28.1 Å². The SMILES string of the molecule is CC(C)(C)OC(=O)N1CCN(CCCOC2C=c3cccnc3=CC2)CC1. The minimum Gasteiger partial charge on any atom is -0.444 e. The van der Waals surface area contributed by atoms with Gasteiger partial charge in [0.1, 0.15) is 5.60 Å². The second kappa shape index (κ2) is 8.85. The molecule has 27 heavy (non-hydrogen) atoms. The number of ether oxygens (including phenoxy) is 2. The van der Waals surface area contributed by atoms with Crippen LogP contribution in [0.4, 0.5) is 4.79 Å². The van der Waals surface area contributed by atoms with E-state index in [-0.39, 0.29) is 12.2 Å². The van der Waals surface area contributed by atoms with E-state index in [1.165, 1.54) is 0 Å². The molecule has 2 aliphatic rings. The maximum Gasteiger partial charge on any atom is 0.410 e. The molecule has 1 atom stereocenters. The highest BCUT2D eigenvalue weighted by atomic mass is 16.6. The van der Waals surface area contributed by atoms with Crippen molar-refractivity contribution in [3.8, 4) is 0 Å². The quantitative estimate of drug-likeness (QED) is 0.730. The van der Waals surface area contributed by atoms with Gasteiger partial charge in [0, 0.05) is 45.5 Å². The molecule has 3 rings (SSSR count). The third kappa shape index (κ3) is 6.04. The predicted octanol–water partition coefficient (Wildman–Crippen LogP) is 1.37. The Balaban J connectivity index is 1.33. The van der Waals surface area contributed by atoms with E-state index in [4.69, 9.17) is 9.47 Å². The number of hydrogen-bond acceptors (Lipinski definition) is 5. The molecule has 1 aromatic rings. The highest BCUT2D eigenvalue weighted by Crippen LogP contribution is 2.12. The van der Waals surface area contributed by atoms with Crippen LogP contribution in [0.5, 0.6) is 0 Å². The number of aromatic nitrogens is 1. The third-order valence-corrected chi connectivity index (χ3v) is 4.75. The van der Waals surface area contributed by atoms with Gasteiger partial charge in [-0.3, -0.25) is 9.88 Å². The lowest BCUT2D eigenvalue weighted by Gasteiger charge is -2.35. The number of amides is 1. The number of carbonyl (C=O) groups excluding carboxylic acids is 1. The van der Waals surface area contributed by atoms with Crippen molar-refractivity contribution in [2.45, 2.75) is 45.3 Å². The van der Waals surface area contributed by atoms with Gasteiger partial charge in [0.2, 0.25) is 0 Å². The molecule has 1 amide bonds. The molecule has 6 heteroatoms. The monoisotopic (exact) mass is 373 g/mol. The second-order valence-electron chi connectivity index (χ2n) is 8.16. The summed E-state index contributed by atoms with van der Waals surface area (Å²) in [7, 11) is 0. The van der Waals surface area contributed by atoms with Gasteiger partial charge in [0.15, 0.2) is 0 Å². The van der Waals surface area contributed by atoms with Gasteiger partial charge in [0.05, 0.1) is 11.5 Å². The van der Waals surface area contributed by atoms with Crippen LogP contribution in [0.25, 0.3) is 12.2 Å². The van der Waals surface area contributed by atoms with Gasteiger partial charge < -0.3 is 14.4 Å². The van der Waals surface area contributed by atoms with E-state index in [1.807, 2.05) is 33.0 Å². The Labute approximate surface area is 161 Å². The Morgan fingerprint density at radius 1 is 1.26 bits per heavy atom. The summed E-state index contributed by atoms with van der Waals surface area (Å²) in [5.41, 5.74) is -0.435. The van der Waals surface area contributed by atoms with E-state index in [1.54, 1.807) is 4.90 Å². The number of rotatable bonds is 5. The van der Waals surface area contributed by atoms with Gasteiger partial charge in [-0.25, -0.2) is 4.79 Å². The molecule has 0 N–H and O–H groups in total. The summed E-state index contributed by atoms with van der Waals surface area (Å²) in [5.74, 6) is 0. The largest absolute Gasteiger partial charge is 0.444 e. The lowest BCUT2D eigenvalue weighted by molar-refractivity contribution is 0.0132. The number of hydrogen-bond donors (Lipinski definition) is 0. The van der Waals surface area contributed by atoms with Crippen LogP contribution in [0.2, 0.25) is 0 Å². The summed E-state index contributed by atoms with van der Waals surface area (Å²) in [6.45, 7) is 10.7. The molecule has 6 nitrogen and oxygen atoms in total. The van der Waals surface area contributed by atoms with E-state index in [0.717, 1.165) is 62.7 Å². The average Bonchev–Trinajstić information content (AvgIpc) is 2.64. The molecule has 0 aromatic carbocycles. The molecule has 148 valence electrons. The maximum atomic E-state index is 12.1. The van der Waals surface area contributed by atoms with Crippen molar-refractivity contribution in [2.24, 2.45) is 0 Å². The molecule has 1 saturated heterocycles. The van der Waals surface area contributed by atoms with E-state index in [9.17, 15) is 4.79 Å². The van der Waals surface area contributed by atoms with Crippen LogP contribution in [0, 0.1) is 0 Å². The lowest BCUT2D eigenvalue weighted by Crippen LogP contribution is -2.50. The van der Waals surface area contributed by atoms with E-state index < -0.39 is 5.60 Å². The lowest BCUT2D eigenvalue weighted by atomic mass is 10.1. The Hall–Kier alpha value is -1.92. The number of carbonyl (C=O) groups is 1. The van der Waals surface area contributed by atoms with E-state index in [0.29, 0.717) is 0 Å². The first-order valence-electron chi connectivity index (χ1n) is 9.86. The van der Waals surface area contributed by atoms with Gasteiger partial charge in [-0.2, -0.15) is 0 Å². The minimum absolute atomic E-state index is 0.144. The molecular formula is C21H31N3O3. The van der Waals surface area contributed by atoms with Crippen LogP contribution in [0.1, 0.15) is 33.6 Å². The van der Waals surface area contributed by atoms with Crippen LogP contribution in [-0.4, -0.2) is 71.9 Å². The number of pyridine rings is 1. The molecule has 1 fully saturated rings. The number of nitrogens with zero attached hydrogens (tertiary/aromatic N) is 3. The van der Waals surface area contributed by atoms with Crippen molar-refractivity contribution in [3.63, 3.8) is 0 Å². The first kappa shape index (κ1) is 19.8. The van der Waals surface area contributed by atoms with Crippen molar-refractivity contribution in [1.82, 2.24) is 14.8 Å². The van der Waals surface area contributed by atoms with Gasteiger partial charge in [-0.15, -0.1) is 0 Å². The standard InChI is InChI=1S/C21H31N3O3/c1-21(2,3)27-20(25)24-13-11-23(12-14-24)10-5-15-26-18-7-8-19-17(16-18)6-4-9-22-19/h4,6,8-9,16,18H,5,7,10-15H2,1-3H3. The van der Waals surface area contributed by atoms with Crippen LogP contribution < -0.4 is 10.6 Å². The molecule has 1 aliphatic heterocycles. The van der Waals surface area contributed by atoms with Gasteiger partial charge in [-0.1, -0.05) is 12.1 Å². The van der Waals surface area contributed by atoms with Crippen molar-refractivity contribution in [3.05, 3.63) is 28.9 Å². The zero-order valence-corrected chi connectivity index (χ0v) is 16.7. The predicted molar refractivity (Wildman–Crippen MR) is 106 cm³/mol.